The van der Waals surface area contributed by atoms with Gasteiger partial charge >= 0.3 is 0 Å². The summed E-state index contributed by atoms with van der Waals surface area (Å²) in [4.78, 5) is 11.0. The van der Waals surface area contributed by atoms with Crippen LogP contribution in [0.3, 0.4) is 0 Å². The first kappa shape index (κ1) is 17.3. The topological polar surface area (TPSA) is 75.3 Å². The Morgan fingerprint density at radius 1 is 1.13 bits per heavy atom. The molecule has 0 unspecified atom stereocenters. The first-order chi connectivity index (χ1) is 10.9. The first-order valence-corrected chi connectivity index (χ1v) is 8.85. The molecule has 122 valence electrons. The molecule has 0 heterocycles. The molecular weight excluding hydrogens is 336 g/mol. The summed E-state index contributed by atoms with van der Waals surface area (Å²) in [5.41, 5.74) is 1.35. The zero-order valence-corrected chi connectivity index (χ0v) is 14.1. The maximum atomic E-state index is 12.3. The lowest BCUT2D eigenvalue weighted by Gasteiger charge is -2.09. The maximum absolute atomic E-state index is 12.3. The quantitative estimate of drug-likeness (QED) is 0.839. The minimum Gasteiger partial charge on any atom is -0.356 e. The lowest BCUT2D eigenvalue weighted by molar-refractivity contribution is -0.118. The third kappa shape index (κ3) is 5.26. The third-order valence-corrected chi connectivity index (χ3v) is 4.73. The Labute approximate surface area is 140 Å². The van der Waals surface area contributed by atoms with Gasteiger partial charge in [-0.2, -0.15) is 0 Å². The minimum atomic E-state index is -3.66. The van der Waals surface area contributed by atoms with Gasteiger partial charge in [0.15, 0.2) is 0 Å². The van der Waals surface area contributed by atoms with Crippen LogP contribution in [-0.2, 0) is 21.2 Å². The smallest absolute Gasteiger partial charge is 0.261 e. The van der Waals surface area contributed by atoms with Gasteiger partial charge in [-0.25, -0.2) is 8.42 Å². The summed E-state index contributed by atoms with van der Waals surface area (Å²) in [6.45, 7) is 1.97. The van der Waals surface area contributed by atoms with Crippen LogP contribution in [0.2, 0.25) is 5.02 Å². The summed E-state index contributed by atoms with van der Waals surface area (Å²) in [6.07, 6.45) is 0.641. The highest BCUT2D eigenvalue weighted by Crippen LogP contribution is 2.19. The van der Waals surface area contributed by atoms with Crippen LogP contribution in [-0.4, -0.2) is 20.9 Å². The molecule has 0 fully saturated rings. The minimum absolute atomic E-state index is 0.0880. The van der Waals surface area contributed by atoms with E-state index in [0.717, 1.165) is 5.56 Å². The third-order valence-electron chi connectivity index (χ3n) is 3.10. The number of sulfonamides is 1. The van der Waals surface area contributed by atoms with E-state index in [9.17, 15) is 13.2 Å². The molecule has 0 aromatic heterocycles. The van der Waals surface area contributed by atoms with Gasteiger partial charge in [0.2, 0.25) is 5.91 Å². The monoisotopic (exact) mass is 352 g/mol. The molecule has 2 N–H and O–H groups in total. The number of rotatable bonds is 6. The van der Waals surface area contributed by atoms with Crippen molar-refractivity contribution in [1.29, 1.82) is 0 Å². The van der Waals surface area contributed by atoms with E-state index in [4.69, 9.17) is 11.6 Å². The molecule has 2 aromatic rings. The van der Waals surface area contributed by atoms with E-state index < -0.39 is 10.0 Å². The van der Waals surface area contributed by atoms with Gasteiger partial charge in [-0.15, -0.1) is 0 Å². The molecule has 0 aliphatic rings. The number of halogens is 1. The SMILES string of the molecule is CC(=O)NCCc1ccc(S(=O)(=O)Nc2cccc(Cl)c2)cc1. The number of nitrogens with one attached hydrogen (secondary N) is 2. The van der Waals surface area contributed by atoms with Crippen LogP contribution in [0.1, 0.15) is 12.5 Å². The maximum Gasteiger partial charge on any atom is 0.261 e. The summed E-state index contributed by atoms with van der Waals surface area (Å²) in [5.74, 6) is -0.0880. The number of benzene rings is 2. The zero-order valence-electron chi connectivity index (χ0n) is 12.5. The van der Waals surface area contributed by atoms with Gasteiger partial charge in [-0.1, -0.05) is 29.8 Å². The van der Waals surface area contributed by atoms with Crippen LogP contribution in [0.15, 0.2) is 53.4 Å². The molecule has 2 aromatic carbocycles. The highest BCUT2D eigenvalue weighted by atomic mass is 35.5. The molecule has 0 saturated heterocycles. The molecule has 2 rings (SSSR count). The van der Waals surface area contributed by atoms with E-state index in [1.165, 1.54) is 19.1 Å². The lowest BCUT2D eigenvalue weighted by atomic mass is 10.1. The molecule has 1 amide bonds. The summed E-state index contributed by atoms with van der Waals surface area (Å²) in [7, 11) is -3.66. The van der Waals surface area contributed by atoms with Crippen molar-refractivity contribution < 1.29 is 13.2 Å². The van der Waals surface area contributed by atoms with E-state index in [0.29, 0.717) is 23.7 Å². The Morgan fingerprint density at radius 2 is 1.83 bits per heavy atom. The molecule has 0 bridgehead atoms. The van der Waals surface area contributed by atoms with Crippen LogP contribution in [0.4, 0.5) is 5.69 Å². The van der Waals surface area contributed by atoms with E-state index in [1.807, 2.05) is 0 Å². The summed E-state index contributed by atoms with van der Waals surface area (Å²) in [6, 6.07) is 13.1. The van der Waals surface area contributed by atoms with E-state index in [-0.39, 0.29) is 10.8 Å². The van der Waals surface area contributed by atoms with Gasteiger partial charge in [0, 0.05) is 18.5 Å². The number of hydrogen-bond acceptors (Lipinski definition) is 3. The van der Waals surface area contributed by atoms with Crippen molar-refractivity contribution in [3.8, 4) is 0 Å². The molecule has 0 aliphatic carbocycles. The summed E-state index contributed by atoms with van der Waals surface area (Å²) >= 11 is 5.85. The van der Waals surface area contributed by atoms with Crippen LogP contribution < -0.4 is 10.0 Å². The van der Waals surface area contributed by atoms with Crippen LogP contribution in [0.25, 0.3) is 0 Å². The second kappa shape index (κ2) is 7.48. The molecule has 23 heavy (non-hydrogen) atoms. The van der Waals surface area contributed by atoms with Crippen molar-refractivity contribution in [2.45, 2.75) is 18.2 Å². The second-order valence-electron chi connectivity index (χ2n) is 4.99. The van der Waals surface area contributed by atoms with Gasteiger partial charge in [0.25, 0.3) is 10.0 Å². The van der Waals surface area contributed by atoms with Crippen LogP contribution >= 0.6 is 11.6 Å². The Bertz CT molecular complexity index is 789. The fraction of sp³-hybridized carbons (Fsp3) is 0.188. The molecule has 7 heteroatoms. The second-order valence-corrected chi connectivity index (χ2v) is 7.11. The first-order valence-electron chi connectivity index (χ1n) is 6.98. The van der Waals surface area contributed by atoms with Gasteiger partial charge in [0.1, 0.15) is 0 Å². The average Bonchev–Trinajstić information content (AvgIpc) is 2.47. The highest BCUT2D eigenvalue weighted by molar-refractivity contribution is 7.92. The van der Waals surface area contributed by atoms with E-state index >= 15 is 0 Å². The summed E-state index contributed by atoms with van der Waals surface area (Å²) < 4.78 is 27.1. The Balaban J connectivity index is 2.06. The van der Waals surface area contributed by atoms with Crippen molar-refractivity contribution >= 4 is 33.2 Å². The van der Waals surface area contributed by atoms with Crippen molar-refractivity contribution in [2.75, 3.05) is 11.3 Å². The number of anilines is 1. The molecule has 0 spiro atoms. The Kier molecular flexibility index (Phi) is 5.63. The van der Waals surface area contributed by atoms with Gasteiger partial charge in [-0.3, -0.25) is 9.52 Å². The van der Waals surface area contributed by atoms with Gasteiger partial charge < -0.3 is 5.32 Å². The number of hydrogen-bond donors (Lipinski definition) is 2. The zero-order chi connectivity index (χ0) is 16.9. The van der Waals surface area contributed by atoms with Crippen molar-refractivity contribution in [3.05, 3.63) is 59.1 Å². The predicted octanol–water partition coefficient (Wildman–Crippen LogP) is 2.82. The number of carbonyl (C=O) groups excluding carboxylic acids is 1. The highest BCUT2D eigenvalue weighted by Gasteiger charge is 2.14. The Hall–Kier alpha value is -2.05. The predicted molar refractivity (Wildman–Crippen MR) is 91.1 cm³/mol. The molecule has 0 radical (unpaired) electrons. The van der Waals surface area contributed by atoms with E-state index in [1.54, 1.807) is 36.4 Å². The van der Waals surface area contributed by atoms with Crippen molar-refractivity contribution in [3.63, 3.8) is 0 Å². The van der Waals surface area contributed by atoms with Crippen molar-refractivity contribution in [2.24, 2.45) is 0 Å². The van der Waals surface area contributed by atoms with Crippen LogP contribution in [0, 0.1) is 0 Å². The largest absolute Gasteiger partial charge is 0.356 e. The van der Waals surface area contributed by atoms with E-state index in [2.05, 4.69) is 10.0 Å². The lowest BCUT2D eigenvalue weighted by Crippen LogP contribution is -2.22. The van der Waals surface area contributed by atoms with Gasteiger partial charge in [0.05, 0.1) is 10.6 Å². The standard InChI is InChI=1S/C16H17ClN2O3S/c1-12(20)18-10-9-13-5-7-16(8-6-13)23(21,22)19-15-4-2-3-14(17)11-15/h2-8,11,19H,9-10H2,1H3,(H,18,20). The fourth-order valence-electron chi connectivity index (χ4n) is 1.98. The Morgan fingerprint density at radius 3 is 2.43 bits per heavy atom. The van der Waals surface area contributed by atoms with Crippen molar-refractivity contribution in [1.82, 2.24) is 5.32 Å². The van der Waals surface area contributed by atoms with Crippen LogP contribution in [0.5, 0.6) is 0 Å². The number of carbonyl (C=O) groups is 1. The number of amides is 1. The van der Waals surface area contributed by atoms with Gasteiger partial charge in [-0.05, 0) is 42.3 Å². The average molecular weight is 353 g/mol. The molecule has 0 aliphatic heterocycles. The fourth-order valence-corrected chi connectivity index (χ4v) is 3.22. The molecule has 5 nitrogen and oxygen atoms in total. The summed E-state index contributed by atoms with van der Waals surface area (Å²) in [5, 5.41) is 3.15. The molecule has 0 saturated carbocycles. The normalized spacial score (nSPS) is 11.0. The molecule has 0 atom stereocenters. The molecular formula is C16H17ClN2O3S.